The third-order valence-electron chi connectivity index (χ3n) is 6.87. The number of carbonyl (C=O) groups is 4. The van der Waals surface area contributed by atoms with Gasteiger partial charge in [0.1, 0.15) is 5.60 Å². The van der Waals surface area contributed by atoms with Crippen molar-refractivity contribution in [3.05, 3.63) is 53.6 Å². The molecule has 1 aliphatic rings. The SMILES string of the molecule is CC(=O)N1c2ccc(-c3ccc(CC(=O)NCCNC(=O)OC(C)(C)C)cc3)cc2[C@H](N(C(=O)O)C(C)C)C[C@@H]1C. The van der Waals surface area contributed by atoms with E-state index in [1.807, 2.05) is 63.2 Å². The molecule has 0 aromatic heterocycles. The molecule has 2 aromatic carbocycles. The van der Waals surface area contributed by atoms with Crippen molar-refractivity contribution in [2.75, 3.05) is 18.0 Å². The Kier molecular flexibility index (Phi) is 10.0. The molecular formula is C31H42N4O6. The second-order valence-electron chi connectivity index (χ2n) is 11.7. The van der Waals surface area contributed by atoms with Crippen LogP contribution in [0.3, 0.4) is 0 Å². The number of rotatable bonds is 8. The number of amides is 4. The second-order valence-corrected chi connectivity index (χ2v) is 11.7. The van der Waals surface area contributed by atoms with Gasteiger partial charge in [0.05, 0.1) is 12.5 Å². The van der Waals surface area contributed by atoms with Crippen LogP contribution in [0.2, 0.25) is 0 Å². The van der Waals surface area contributed by atoms with E-state index in [-0.39, 0.29) is 49.5 Å². The number of benzene rings is 2. The Balaban J connectivity index is 1.72. The normalized spacial score (nSPS) is 16.5. The van der Waals surface area contributed by atoms with Crippen molar-refractivity contribution in [3.63, 3.8) is 0 Å². The maximum atomic E-state index is 12.5. The molecule has 0 radical (unpaired) electrons. The van der Waals surface area contributed by atoms with Crippen LogP contribution < -0.4 is 15.5 Å². The van der Waals surface area contributed by atoms with Gasteiger partial charge in [-0.15, -0.1) is 0 Å². The molecule has 2 aromatic rings. The van der Waals surface area contributed by atoms with E-state index >= 15 is 0 Å². The molecule has 0 bridgehead atoms. The molecule has 1 aliphatic heterocycles. The number of alkyl carbamates (subject to hydrolysis) is 1. The van der Waals surface area contributed by atoms with Gasteiger partial charge in [0.25, 0.3) is 0 Å². The number of ether oxygens (including phenoxy) is 1. The largest absolute Gasteiger partial charge is 0.465 e. The van der Waals surface area contributed by atoms with Gasteiger partial charge in [-0.2, -0.15) is 0 Å². The van der Waals surface area contributed by atoms with Crippen LogP contribution >= 0.6 is 0 Å². The topological polar surface area (TPSA) is 128 Å². The fourth-order valence-corrected chi connectivity index (χ4v) is 5.21. The molecule has 3 N–H and O–H groups in total. The Morgan fingerprint density at radius 1 is 1.02 bits per heavy atom. The fourth-order valence-electron chi connectivity index (χ4n) is 5.21. The Hall–Kier alpha value is -4.08. The minimum Gasteiger partial charge on any atom is -0.465 e. The summed E-state index contributed by atoms with van der Waals surface area (Å²) in [6.07, 6.45) is -0.832. The van der Waals surface area contributed by atoms with Crippen molar-refractivity contribution in [2.24, 2.45) is 0 Å². The molecule has 0 saturated carbocycles. The van der Waals surface area contributed by atoms with Crippen LogP contribution in [0.15, 0.2) is 42.5 Å². The minimum atomic E-state index is -0.993. The summed E-state index contributed by atoms with van der Waals surface area (Å²) in [5, 5.41) is 15.4. The van der Waals surface area contributed by atoms with Crippen molar-refractivity contribution < 1.29 is 29.0 Å². The van der Waals surface area contributed by atoms with E-state index in [0.717, 1.165) is 27.9 Å². The molecule has 0 saturated heterocycles. The number of fused-ring (bicyclic) bond motifs is 1. The summed E-state index contributed by atoms with van der Waals surface area (Å²) in [4.78, 5) is 52.0. The number of hydrogen-bond donors (Lipinski definition) is 3. The second kappa shape index (κ2) is 13.1. The molecule has 10 nitrogen and oxygen atoms in total. The average molecular weight is 567 g/mol. The van der Waals surface area contributed by atoms with E-state index in [2.05, 4.69) is 10.6 Å². The van der Waals surface area contributed by atoms with Gasteiger partial charge in [-0.25, -0.2) is 9.59 Å². The molecule has 0 aliphatic carbocycles. The first-order chi connectivity index (χ1) is 19.2. The monoisotopic (exact) mass is 566 g/mol. The fraction of sp³-hybridized carbons (Fsp3) is 0.484. The highest BCUT2D eigenvalue weighted by Gasteiger charge is 2.38. The van der Waals surface area contributed by atoms with Crippen molar-refractivity contribution in [1.29, 1.82) is 0 Å². The van der Waals surface area contributed by atoms with Crippen LogP contribution in [0.25, 0.3) is 11.1 Å². The van der Waals surface area contributed by atoms with E-state index in [4.69, 9.17) is 4.74 Å². The summed E-state index contributed by atoms with van der Waals surface area (Å²) in [6.45, 7) is 13.1. The van der Waals surface area contributed by atoms with Gasteiger partial charge in [0.2, 0.25) is 11.8 Å². The summed E-state index contributed by atoms with van der Waals surface area (Å²) < 4.78 is 5.17. The third-order valence-corrected chi connectivity index (χ3v) is 6.87. The van der Waals surface area contributed by atoms with Gasteiger partial charge in [0, 0.05) is 37.8 Å². The predicted octanol–water partition coefficient (Wildman–Crippen LogP) is 5.11. The first-order valence-corrected chi connectivity index (χ1v) is 14.0. The van der Waals surface area contributed by atoms with Crippen LogP contribution in [-0.4, -0.2) is 64.8 Å². The van der Waals surface area contributed by atoms with E-state index < -0.39 is 17.8 Å². The summed E-state index contributed by atoms with van der Waals surface area (Å²) in [5.74, 6) is -0.249. The zero-order chi connectivity index (χ0) is 30.5. The van der Waals surface area contributed by atoms with Crippen molar-refractivity contribution in [1.82, 2.24) is 15.5 Å². The molecule has 4 amide bonds. The number of nitrogens with zero attached hydrogens (tertiary/aromatic N) is 2. The van der Waals surface area contributed by atoms with Gasteiger partial charge >= 0.3 is 12.2 Å². The lowest BCUT2D eigenvalue weighted by Gasteiger charge is -2.43. The highest BCUT2D eigenvalue weighted by Crippen LogP contribution is 2.43. The zero-order valence-electron chi connectivity index (χ0n) is 25.0. The lowest BCUT2D eigenvalue weighted by molar-refractivity contribution is -0.120. The van der Waals surface area contributed by atoms with Gasteiger partial charge in [-0.05, 0) is 82.3 Å². The number of anilines is 1. The van der Waals surface area contributed by atoms with Crippen LogP contribution in [0.5, 0.6) is 0 Å². The van der Waals surface area contributed by atoms with Crippen LogP contribution in [0, 0.1) is 0 Å². The zero-order valence-corrected chi connectivity index (χ0v) is 25.0. The molecule has 41 heavy (non-hydrogen) atoms. The number of hydrogen-bond acceptors (Lipinski definition) is 5. The molecule has 222 valence electrons. The molecule has 2 atom stereocenters. The summed E-state index contributed by atoms with van der Waals surface area (Å²) in [5.41, 5.74) is 3.58. The van der Waals surface area contributed by atoms with Gasteiger partial charge < -0.3 is 25.4 Å². The minimum absolute atomic E-state index is 0.0837. The number of nitrogens with one attached hydrogen (secondary N) is 2. The standard InChI is InChI=1S/C31H42N4O6/c1-19(2)34(30(39)40)27-16-20(3)35(21(4)36)26-13-12-24(18-25(26)27)23-10-8-22(9-11-23)17-28(37)32-14-15-33-29(38)41-31(5,6)7/h8-13,18-20,27H,14-17H2,1-7H3,(H,32,37)(H,33,38)(H,39,40)/t20-,27+/m0/s1. The van der Waals surface area contributed by atoms with Crippen molar-refractivity contribution >= 4 is 29.7 Å². The predicted molar refractivity (Wildman–Crippen MR) is 158 cm³/mol. The van der Waals surface area contributed by atoms with E-state index in [0.29, 0.717) is 6.42 Å². The maximum Gasteiger partial charge on any atom is 0.408 e. The summed E-state index contributed by atoms with van der Waals surface area (Å²) in [6, 6.07) is 12.6. The van der Waals surface area contributed by atoms with Gasteiger partial charge in [-0.1, -0.05) is 30.3 Å². The summed E-state index contributed by atoms with van der Waals surface area (Å²) in [7, 11) is 0. The van der Waals surface area contributed by atoms with E-state index in [1.54, 1.807) is 25.7 Å². The van der Waals surface area contributed by atoms with Crippen molar-refractivity contribution in [2.45, 2.75) is 85.0 Å². The van der Waals surface area contributed by atoms with Gasteiger partial charge in [-0.3, -0.25) is 14.5 Å². The van der Waals surface area contributed by atoms with E-state index in [9.17, 15) is 24.3 Å². The molecule has 3 rings (SSSR count). The average Bonchev–Trinajstić information content (AvgIpc) is 2.85. The molecule has 0 spiro atoms. The highest BCUT2D eigenvalue weighted by molar-refractivity contribution is 5.94. The quantitative estimate of drug-likeness (QED) is 0.381. The van der Waals surface area contributed by atoms with Crippen LogP contribution in [0.1, 0.15) is 72.1 Å². The Bertz CT molecular complexity index is 1270. The summed E-state index contributed by atoms with van der Waals surface area (Å²) >= 11 is 0. The number of carboxylic acid groups (broad SMARTS) is 1. The molecule has 0 unspecified atom stereocenters. The lowest BCUT2D eigenvalue weighted by Crippen LogP contribution is -2.48. The Labute approximate surface area is 242 Å². The van der Waals surface area contributed by atoms with Gasteiger partial charge in [0.15, 0.2) is 0 Å². The van der Waals surface area contributed by atoms with E-state index in [1.165, 1.54) is 11.8 Å². The molecule has 0 fully saturated rings. The maximum absolute atomic E-state index is 12.5. The first-order valence-electron chi connectivity index (χ1n) is 14.0. The number of carbonyl (C=O) groups excluding carboxylic acids is 3. The van der Waals surface area contributed by atoms with Crippen LogP contribution in [0.4, 0.5) is 15.3 Å². The Morgan fingerprint density at radius 3 is 2.20 bits per heavy atom. The third kappa shape index (κ3) is 8.22. The molecular weight excluding hydrogens is 524 g/mol. The van der Waals surface area contributed by atoms with Crippen LogP contribution in [-0.2, 0) is 20.7 Å². The first kappa shape index (κ1) is 31.4. The smallest absolute Gasteiger partial charge is 0.408 e. The highest BCUT2D eigenvalue weighted by atomic mass is 16.6. The lowest BCUT2D eigenvalue weighted by atomic mass is 9.87. The van der Waals surface area contributed by atoms with Crippen molar-refractivity contribution in [3.8, 4) is 11.1 Å². The Morgan fingerprint density at radius 2 is 1.63 bits per heavy atom. The molecule has 10 heteroatoms. The molecule has 1 heterocycles.